The summed E-state index contributed by atoms with van der Waals surface area (Å²) in [4.78, 5) is 12.8. The summed E-state index contributed by atoms with van der Waals surface area (Å²) in [5.41, 5.74) is 1.47. The highest BCUT2D eigenvalue weighted by molar-refractivity contribution is 7.99. The Morgan fingerprint density at radius 3 is 2.32 bits per heavy atom. The zero-order valence-electron chi connectivity index (χ0n) is 21.5. The van der Waals surface area contributed by atoms with E-state index in [0.29, 0.717) is 29.0 Å². The number of methoxy groups -OCH3 is 3. The van der Waals surface area contributed by atoms with Crippen molar-refractivity contribution in [2.24, 2.45) is 5.92 Å². The largest absolute Gasteiger partial charge is 0.493 e. The summed E-state index contributed by atoms with van der Waals surface area (Å²) in [7, 11) is 4.60. The fourth-order valence-corrected chi connectivity index (χ4v) is 5.72. The Hall–Kier alpha value is -3.27. The molecule has 2 aromatic carbocycles. The molecular weight excluding hydrogens is 495 g/mol. The Balaban J connectivity index is 1.48. The number of hydrogen-bond acceptors (Lipinski definition) is 7. The van der Waals surface area contributed by atoms with Crippen LogP contribution in [-0.2, 0) is 17.8 Å². The maximum atomic E-state index is 13.6. The summed E-state index contributed by atoms with van der Waals surface area (Å²) in [6.45, 7) is 0.178. The van der Waals surface area contributed by atoms with E-state index in [9.17, 15) is 9.18 Å². The van der Waals surface area contributed by atoms with E-state index >= 15 is 0 Å². The first-order valence-corrected chi connectivity index (χ1v) is 13.4. The van der Waals surface area contributed by atoms with Crippen molar-refractivity contribution in [3.63, 3.8) is 0 Å². The van der Waals surface area contributed by atoms with Gasteiger partial charge in [0, 0.05) is 11.4 Å². The summed E-state index contributed by atoms with van der Waals surface area (Å²) in [5.74, 6) is 3.15. The molecule has 0 saturated heterocycles. The predicted octanol–water partition coefficient (Wildman–Crippen LogP) is 4.96. The lowest BCUT2D eigenvalue weighted by Crippen LogP contribution is -2.26. The van der Waals surface area contributed by atoms with E-state index in [1.807, 2.05) is 4.57 Å². The van der Waals surface area contributed by atoms with E-state index in [4.69, 9.17) is 14.2 Å². The molecule has 1 amide bonds. The first kappa shape index (κ1) is 26.8. The average Bonchev–Trinajstić information content (AvgIpc) is 3.33. The van der Waals surface area contributed by atoms with Crippen LogP contribution in [0.2, 0.25) is 0 Å². The molecule has 1 fully saturated rings. The molecule has 1 aliphatic carbocycles. The van der Waals surface area contributed by atoms with Crippen molar-refractivity contribution in [1.29, 1.82) is 0 Å². The van der Waals surface area contributed by atoms with E-state index in [-0.39, 0.29) is 24.7 Å². The average molecular weight is 529 g/mol. The minimum atomic E-state index is -0.312. The van der Waals surface area contributed by atoms with Gasteiger partial charge < -0.3 is 19.5 Å². The highest BCUT2D eigenvalue weighted by Crippen LogP contribution is 2.38. The van der Waals surface area contributed by atoms with Crippen molar-refractivity contribution in [2.45, 2.75) is 50.2 Å². The molecule has 3 aromatic rings. The molecule has 198 valence electrons. The molecule has 1 aliphatic rings. The number of ether oxygens (including phenoxy) is 3. The quantitative estimate of drug-likeness (QED) is 0.352. The number of carbonyl (C=O) groups is 1. The van der Waals surface area contributed by atoms with Gasteiger partial charge in [-0.2, -0.15) is 0 Å². The van der Waals surface area contributed by atoms with Crippen LogP contribution < -0.4 is 19.5 Å². The lowest BCUT2D eigenvalue weighted by Gasteiger charge is -2.20. The Kier molecular flexibility index (Phi) is 9.27. The van der Waals surface area contributed by atoms with Gasteiger partial charge in [0.15, 0.2) is 22.5 Å². The first-order chi connectivity index (χ1) is 18.0. The van der Waals surface area contributed by atoms with Gasteiger partial charge in [-0.05, 0) is 60.7 Å². The van der Waals surface area contributed by atoms with Gasteiger partial charge in [-0.15, -0.1) is 10.2 Å². The van der Waals surface area contributed by atoms with Crippen molar-refractivity contribution < 1.29 is 23.4 Å². The molecule has 8 nitrogen and oxygen atoms in total. The monoisotopic (exact) mass is 528 g/mol. The normalized spacial score (nSPS) is 13.8. The predicted molar refractivity (Wildman–Crippen MR) is 140 cm³/mol. The summed E-state index contributed by atoms with van der Waals surface area (Å²) < 4.78 is 31.6. The molecule has 1 heterocycles. The third-order valence-electron chi connectivity index (χ3n) is 6.49. The van der Waals surface area contributed by atoms with Crippen LogP contribution in [-0.4, -0.2) is 47.8 Å². The highest BCUT2D eigenvalue weighted by Gasteiger charge is 2.20. The first-order valence-electron chi connectivity index (χ1n) is 12.4. The molecule has 37 heavy (non-hydrogen) atoms. The summed E-state index contributed by atoms with van der Waals surface area (Å²) in [5, 5.41) is 12.4. The van der Waals surface area contributed by atoms with Crippen LogP contribution in [0.5, 0.6) is 17.2 Å². The fraction of sp³-hybridized carbons (Fsp3) is 0.444. The lowest BCUT2D eigenvalue weighted by atomic mass is 9.91. The molecule has 0 radical (unpaired) electrons. The summed E-state index contributed by atoms with van der Waals surface area (Å²) in [6, 6.07) is 9.73. The van der Waals surface area contributed by atoms with Crippen LogP contribution in [0.1, 0.15) is 43.5 Å². The number of benzene rings is 2. The second-order valence-electron chi connectivity index (χ2n) is 9.01. The SMILES string of the molecule is COc1cc(CC(=O)NCc2nnc(SCC3CCCCC3)n2-c2ccc(F)cc2)cc(OC)c1OC. The smallest absolute Gasteiger partial charge is 0.224 e. The minimum Gasteiger partial charge on any atom is -0.493 e. The molecule has 0 bridgehead atoms. The molecule has 10 heteroatoms. The fourth-order valence-electron chi connectivity index (χ4n) is 4.57. The Labute approximate surface area is 220 Å². The van der Waals surface area contributed by atoms with E-state index < -0.39 is 0 Å². The Morgan fingerprint density at radius 2 is 1.70 bits per heavy atom. The number of nitrogens with one attached hydrogen (secondary N) is 1. The Morgan fingerprint density at radius 1 is 1.03 bits per heavy atom. The van der Waals surface area contributed by atoms with E-state index in [1.54, 1.807) is 36.0 Å². The number of thioether (sulfide) groups is 1. The summed E-state index contributed by atoms with van der Waals surface area (Å²) >= 11 is 1.67. The van der Waals surface area contributed by atoms with Gasteiger partial charge in [-0.25, -0.2) is 4.39 Å². The van der Waals surface area contributed by atoms with Gasteiger partial charge in [-0.3, -0.25) is 9.36 Å². The van der Waals surface area contributed by atoms with E-state index in [2.05, 4.69) is 15.5 Å². The molecule has 0 atom stereocenters. The number of nitrogens with zero attached hydrogens (tertiary/aromatic N) is 3. The van der Waals surface area contributed by atoms with Crippen molar-refractivity contribution >= 4 is 17.7 Å². The van der Waals surface area contributed by atoms with Crippen molar-refractivity contribution in [1.82, 2.24) is 20.1 Å². The van der Waals surface area contributed by atoms with Gasteiger partial charge in [0.25, 0.3) is 0 Å². The number of hydrogen-bond donors (Lipinski definition) is 1. The molecule has 0 aliphatic heterocycles. The van der Waals surface area contributed by atoms with Crippen LogP contribution in [0, 0.1) is 11.7 Å². The van der Waals surface area contributed by atoms with Crippen LogP contribution >= 0.6 is 11.8 Å². The second kappa shape index (κ2) is 12.8. The molecule has 1 N–H and O–H groups in total. The molecule has 0 spiro atoms. The van der Waals surface area contributed by atoms with Crippen LogP contribution in [0.25, 0.3) is 5.69 Å². The lowest BCUT2D eigenvalue weighted by molar-refractivity contribution is -0.120. The van der Waals surface area contributed by atoms with Crippen molar-refractivity contribution in [3.8, 4) is 22.9 Å². The van der Waals surface area contributed by atoms with Crippen LogP contribution in [0.4, 0.5) is 4.39 Å². The standard InChI is InChI=1S/C27H33FN4O4S/c1-34-22-13-19(14-23(35-2)26(22)36-3)15-25(33)29-16-24-30-31-27(37-17-18-7-5-4-6-8-18)32(24)21-11-9-20(28)10-12-21/h9-14,18H,4-8,15-17H2,1-3H3,(H,29,33). The number of aromatic nitrogens is 3. The second-order valence-corrected chi connectivity index (χ2v) is 10.00. The number of rotatable bonds is 11. The van der Waals surface area contributed by atoms with Crippen LogP contribution in [0.3, 0.4) is 0 Å². The molecule has 4 rings (SSSR count). The molecule has 1 aromatic heterocycles. The third-order valence-corrected chi connectivity index (χ3v) is 7.65. The van der Waals surface area contributed by atoms with E-state index in [0.717, 1.165) is 22.2 Å². The number of amides is 1. The molecule has 1 saturated carbocycles. The van der Waals surface area contributed by atoms with E-state index in [1.165, 1.54) is 65.6 Å². The Bertz CT molecular complexity index is 1170. The minimum absolute atomic E-state index is 0.116. The zero-order valence-corrected chi connectivity index (χ0v) is 22.3. The van der Waals surface area contributed by atoms with Gasteiger partial charge in [-0.1, -0.05) is 31.0 Å². The third kappa shape index (κ3) is 6.74. The zero-order chi connectivity index (χ0) is 26.2. The van der Waals surface area contributed by atoms with Crippen molar-refractivity contribution in [2.75, 3.05) is 27.1 Å². The molecule has 0 unspecified atom stereocenters. The van der Waals surface area contributed by atoms with Crippen LogP contribution in [0.15, 0.2) is 41.6 Å². The van der Waals surface area contributed by atoms with Gasteiger partial charge in [0.2, 0.25) is 11.7 Å². The topological polar surface area (TPSA) is 87.5 Å². The highest BCUT2D eigenvalue weighted by atomic mass is 32.2. The molecular formula is C27H33FN4O4S. The van der Waals surface area contributed by atoms with Gasteiger partial charge in [0.05, 0.1) is 34.3 Å². The number of halogens is 1. The van der Waals surface area contributed by atoms with Crippen molar-refractivity contribution in [3.05, 3.63) is 53.6 Å². The maximum Gasteiger partial charge on any atom is 0.224 e. The summed E-state index contributed by atoms with van der Waals surface area (Å²) in [6.07, 6.45) is 6.46. The number of carbonyl (C=O) groups excluding carboxylic acids is 1. The maximum absolute atomic E-state index is 13.6. The van der Waals surface area contributed by atoms with Gasteiger partial charge >= 0.3 is 0 Å². The van der Waals surface area contributed by atoms with Gasteiger partial charge in [0.1, 0.15) is 5.82 Å².